The molecule has 2 heterocycles. The number of ketones is 1. The lowest BCUT2D eigenvalue weighted by Gasteiger charge is -2.09. The van der Waals surface area contributed by atoms with Gasteiger partial charge in [0.25, 0.3) is 0 Å². The number of halogens is 1. The molecule has 0 aliphatic carbocycles. The minimum Gasteiger partial charge on any atom is -0.397 e. The van der Waals surface area contributed by atoms with Gasteiger partial charge in [-0.2, -0.15) is 5.11 Å². The van der Waals surface area contributed by atoms with Crippen LogP contribution in [0.1, 0.15) is 20.8 Å². The fraction of sp³-hybridized carbons (Fsp3) is 0.0370. The molecule has 2 aromatic heterocycles. The van der Waals surface area contributed by atoms with E-state index in [0.717, 1.165) is 16.5 Å². The number of carbonyl (C=O) groups is 1. The smallest absolute Gasteiger partial charge is 0.205 e. The van der Waals surface area contributed by atoms with Gasteiger partial charge in [0.2, 0.25) is 5.78 Å². The molecule has 0 bridgehead atoms. The van der Waals surface area contributed by atoms with Crippen molar-refractivity contribution in [2.45, 2.75) is 6.92 Å². The minimum absolute atomic E-state index is 0.119. The number of rotatable bonds is 5. The number of aromatic nitrogens is 1. The zero-order chi connectivity index (χ0) is 23.7. The molecule has 0 atom stereocenters. The second-order valence-electron chi connectivity index (χ2n) is 7.70. The highest BCUT2D eigenvalue weighted by molar-refractivity contribution is 7.21. The highest BCUT2D eigenvalue weighted by Gasteiger charge is 2.23. The predicted molar refractivity (Wildman–Crippen MR) is 140 cm³/mol. The van der Waals surface area contributed by atoms with Gasteiger partial charge in [0.15, 0.2) is 0 Å². The normalized spacial score (nSPS) is 11.4. The number of carbonyl (C=O) groups excluding carboxylic acids is 1. The SMILES string of the molecule is Cc1c(N=Nc2ccc(Cl)cc2)c(-c2ccccc2)nc2sc(C(=O)c3ccccc3)c(N)c12. The number of azo groups is 1. The van der Waals surface area contributed by atoms with Crippen molar-refractivity contribution >= 4 is 56.0 Å². The molecule has 0 saturated heterocycles. The number of anilines is 1. The molecule has 3 aromatic carbocycles. The standard InChI is InChI=1S/C27H19ClN4OS/c1-16-21-22(29)26(25(33)18-10-6-3-7-11-18)34-27(21)30-24(17-8-4-2-5-9-17)23(16)32-31-20-14-12-19(28)13-15-20/h2-15H,29H2,1H3. The Morgan fingerprint density at radius 3 is 2.24 bits per heavy atom. The number of benzene rings is 3. The molecule has 166 valence electrons. The van der Waals surface area contributed by atoms with E-state index >= 15 is 0 Å². The largest absolute Gasteiger partial charge is 0.397 e. The molecule has 0 saturated carbocycles. The van der Waals surface area contributed by atoms with Gasteiger partial charge < -0.3 is 5.73 Å². The van der Waals surface area contributed by atoms with E-state index in [-0.39, 0.29) is 5.78 Å². The number of fused-ring (bicyclic) bond motifs is 1. The maximum absolute atomic E-state index is 13.2. The molecule has 0 unspecified atom stereocenters. The van der Waals surface area contributed by atoms with Crippen molar-refractivity contribution in [3.8, 4) is 11.3 Å². The van der Waals surface area contributed by atoms with E-state index in [4.69, 9.17) is 22.3 Å². The monoisotopic (exact) mass is 482 g/mol. The first kappa shape index (κ1) is 21.9. The summed E-state index contributed by atoms with van der Waals surface area (Å²) >= 11 is 7.29. The number of pyridine rings is 1. The predicted octanol–water partition coefficient (Wildman–Crippen LogP) is 8.15. The van der Waals surface area contributed by atoms with Gasteiger partial charge in [-0.05, 0) is 36.8 Å². The molecule has 5 rings (SSSR count). The Hall–Kier alpha value is -3.87. The van der Waals surface area contributed by atoms with Crippen LogP contribution in [0.4, 0.5) is 17.1 Å². The quantitative estimate of drug-likeness (QED) is 0.202. The summed E-state index contributed by atoms with van der Waals surface area (Å²) in [5.41, 5.74) is 11.2. The summed E-state index contributed by atoms with van der Waals surface area (Å²) in [6, 6.07) is 26.0. The van der Waals surface area contributed by atoms with E-state index in [0.29, 0.717) is 43.0 Å². The average molecular weight is 483 g/mol. The van der Waals surface area contributed by atoms with Gasteiger partial charge in [0.05, 0.1) is 17.1 Å². The first-order chi connectivity index (χ1) is 16.5. The number of nitrogen functional groups attached to an aromatic ring is 1. The van der Waals surface area contributed by atoms with Gasteiger partial charge in [-0.15, -0.1) is 16.5 Å². The second-order valence-corrected chi connectivity index (χ2v) is 9.13. The third-order valence-electron chi connectivity index (χ3n) is 5.48. The minimum atomic E-state index is -0.119. The molecule has 5 nitrogen and oxygen atoms in total. The lowest BCUT2D eigenvalue weighted by Crippen LogP contribution is -2.01. The highest BCUT2D eigenvalue weighted by atomic mass is 35.5. The Labute approximate surface area is 205 Å². The van der Waals surface area contributed by atoms with Crippen molar-refractivity contribution in [3.05, 3.63) is 106 Å². The molecule has 2 N–H and O–H groups in total. The van der Waals surface area contributed by atoms with Gasteiger partial charge in [-0.1, -0.05) is 72.3 Å². The van der Waals surface area contributed by atoms with Crippen LogP contribution in [0.5, 0.6) is 0 Å². The van der Waals surface area contributed by atoms with E-state index in [1.54, 1.807) is 36.4 Å². The number of hydrogen-bond donors (Lipinski definition) is 1. The zero-order valence-electron chi connectivity index (χ0n) is 18.2. The molecule has 5 aromatic rings. The summed E-state index contributed by atoms with van der Waals surface area (Å²) in [5, 5.41) is 10.3. The van der Waals surface area contributed by atoms with E-state index in [1.165, 1.54) is 11.3 Å². The van der Waals surface area contributed by atoms with Crippen LogP contribution < -0.4 is 5.73 Å². The summed E-state index contributed by atoms with van der Waals surface area (Å²) in [4.78, 5) is 19.2. The van der Waals surface area contributed by atoms with Crippen LogP contribution in [-0.4, -0.2) is 10.8 Å². The van der Waals surface area contributed by atoms with Crippen LogP contribution in [0, 0.1) is 6.92 Å². The number of nitrogens with zero attached hydrogens (tertiary/aromatic N) is 3. The Morgan fingerprint density at radius 2 is 1.56 bits per heavy atom. The van der Waals surface area contributed by atoms with E-state index in [1.807, 2.05) is 55.5 Å². The van der Waals surface area contributed by atoms with Crippen molar-refractivity contribution in [3.63, 3.8) is 0 Å². The topological polar surface area (TPSA) is 80.7 Å². The highest BCUT2D eigenvalue weighted by Crippen LogP contribution is 2.43. The van der Waals surface area contributed by atoms with E-state index < -0.39 is 0 Å². The summed E-state index contributed by atoms with van der Waals surface area (Å²) in [6.45, 7) is 1.94. The van der Waals surface area contributed by atoms with Gasteiger partial charge in [0.1, 0.15) is 15.4 Å². The average Bonchev–Trinajstić information content (AvgIpc) is 3.21. The van der Waals surface area contributed by atoms with E-state index in [9.17, 15) is 4.79 Å². The van der Waals surface area contributed by atoms with Crippen LogP contribution in [0.15, 0.2) is 95.2 Å². The molecule has 0 aliphatic rings. The van der Waals surface area contributed by atoms with Crippen LogP contribution >= 0.6 is 22.9 Å². The second kappa shape index (κ2) is 9.17. The molecular weight excluding hydrogens is 464 g/mol. The third-order valence-corrected chi connectivity index (χ3v) is 6.83. The fourth-order valence-electron chi connectivity index (χ4n) is 3.75. The number of nitrogens with two attached hydrogens (primary N) is 1. The third kappa shape index (κ3) is 4.09. The Morgan fingerprint density at radius 1 is 0.912 bits per heavy atom. The summed E-state index contributed by atoms with van der Waals surface area (Å²) in [5.74, 6) is -0.119. The van der Waals surface area contributed by atoms with Gasteiger partial charge in [-0.3, -0.25) is 4.79 Å². The van der Waals surface area contributed by atoms with Crippen molar-refractivity contribution in [2.75, 3.05) is 5.73 Å². The van der Waals surface area contributed by atoms with Gasteiger partial charge in [0, 0.05) is 21.5 Å². The molecule has 0 aliphatic heterocycles. The molecule has 0 fully saturated rings. The van der Waals surface area contributed by atoms with Crippen molar-refractivity contribution in [1.82, 2.24) is 4.98 Å². The van der Waals surface area contributed by atoms with Crippen LogP contribution in [0.3, 0.4) is 0 Å². The molecule has 0 spiro atoms. The maximum Gasteiger partial charge on any atom is 0.205 e. The molecule has 34 heavy (non-hydrogen) atoms. The molecule has 7 heteroatoms. The summed E-state index contributed by atoms with van der Waals surface area (Å²) < 4.78 is 0. The fourth-order valence-corrected chi connectivity index (χ4v) is 4.99. The lowest BCUT2D eigenvalue weighted by atomic mass is 10.0. The first-order valence-electron chi connectivity index (χ1n) is 10.6. The maximum atomic E-state index is 13.2. The van der Waals surface area contributed by atoms with Gasteiger partial charge >= 0.3 is 0 Å². The molecule has 0 amide bonds. The van der Waals surface area contributed by atoms with Crippen LogP contribution in [0.2, 0.25) is 5.02 Å². The number of aryl methyl sites for hydroxylation is 1. The Bertz CT molecular complexity index is 1530. The van der Waals surface area contributed by atoms with Crippen LogP contribution in [-0.2, 0) is 0 Å². The Balaban J connectivity index is 1.70. The summed E-state index contributed by atoms with van der Waals surface area (Å²) in [7, 11) is 0. The molecule has 0 radical (unpaired) electrons. The number of thiophene rings is 1. The van der Waals surface area contributed by atoms with Crippen molar-refractivity contribution in [1.29, 1.82) is 0 Å². The lowest BCUT2D eigenvalue weighted by molar-refractivity contribution is 0.104. The van der Waals surface area contributed by atoms with Crippen LogP contribution in [0.25, 0.3) is 21.5 Å². The van der Waals surface area contributed by atoms with Crippen molar-refractivity contribution in [2.24, 2.45) is 10.2 Å². The summed E-state index contributed by atoms with van der Waals surface area (Å²) in [6.07, 6.45) is 0. The molecular formula is C27H19ClN4OS. The van der Waals surface area contributed by atoms with Crippen molar-refractivity contribution < 1.29 is 4.79 Å². The Kier molecular flexibility index (Phi) is 5.92. The number of hydrogen-bond acceptors (Lipinski definition) is 6. The van der Waals surface area contributed by atoms with Gasteiger partial charge in [-0.25, -0.2) is 4.98 Å². The van der Waals surface area contributed by atoms with E-state index in [2.05, 4.69) is 10.2 Å². The first-order valence-corrected chi connectivity index (χ1v) is 11.8. The zero-order valence-corrected chi connectivity index (χ0v) is 19.8.